The molecule has 1 aliphatic rings. The van der Waals surface area contributed by atoms with Gasteiger partial charge in [-0.3, -0.25) is 9.59 Å². The number of alkyl carbamates (subject to hydrolysis) is 1. The molecule has 2 aromatic heterocycles. The first-order valence-electron chi connectivity index (χ1n) is 17.8. The van der Waals surface area contributed by atoms with Crippen LogP contribution in [0.3, 0.4) is 0 Å². The summed E-state index contributed by atoms with van der Waals surface area (Å²) in [6, 6.07) is 14.1. The van der Waals surface area contributed by atoms with Gasteiger partial charge in [0.15, 0.2) is 0 Å². The lowest BCUT2D eigenvalue weighted by atomic mass is 9.92. The van der Waals surface area contributed by atoms with Gasteiger partial charge in [-0.15, -0.1) is 0 Å². The van der Waals surface area contributed by atoms with Crippen molar-refractivity contribution < 1.29 is 23.9 Å². The molecule has 3 N–H and O–H groups in total. The van der Waals surface area contributed by atoms with Crippen LogP contribution in [-0.4, -0.2) is 73.4 Å². The Bertz CT molecular complexity index is 2070. The number of benzene rings is 3. The fourth-order valence-corrected chi connectivity index (χ4v) is 6.69. The van der Waals surface area contributed by atoms with Gasteiger partial charge >= 0.3 is 6.09 Å². The van der Waals surface area contributed by atoms with E-state index in [1.165, 1.54) is 7.11 Å². The van der Waals surface area contributed by atoms with Crippen molar-refractivity contribution in [1.82, 2.24) is 35.1 Å². The average Bonchev–Trinajstić information content (AvgIpc) is 3.79. The van der Waals surface area contributed by atoms with Crippen LogP contribution < -0.4 is 10.1 Å². The number of rotatable bonds is 13. The minimum atomic E-state index is -0.727. The Morgan fingerprint density at radius 2 is 1.80 bits per heavy atom. The number of imidazole rings is 2. The van der Waals surface area contributed by atoms with Gasteiger partial charge in [0, 0.05) is 30.0 Å². The average molecular weight is 694 g/mol. The molecule has 3 aromatic carbocycles. The number of carbonyl (C=O) groups is 3. The van der Waals surface area contributed by atoms with Crippen LogP contribution in [0.5, 0.6) is 5.75 Å². The van der Waals surface area contributed by atoms with Crippen LogP contribution in [0.25, 0.3) is 44.2 Å². The lowest BCUT2D eigenvalue weighted by Crippen LogP contribution is -2.47. The van der Waals surface area contributed by atoms with Crippen LogP contribution in [0.4, 0.5) is 4.79 Å². The van der Waals surface area contributed by atoms with Gasteiger partial charge in [-0.2, -0.15) is 0 Å². The number of amides is 3. The Morgan fingerprint density at radius 1 is 0.980 bits per heavy atom. The minimum absolute atomic E-state index is 0.129. The summed E-state index contributed by atoms with van der Waals surface area (Å²) >= 11 is 0. The zero-order chi connectivity index (χ0) is 36.2. The highest BCUT2D eigenvalue weighted by molar-refractivity contribution is 6.07. The lowest BCUT2D eigenvalue weighted by molar-refractivity contribution is -0.134. The van der Waals surface area contributed by atoms with Crippen LogP contribution in [0.2, 0.25) is 0 Å². The van der Waals surface area contributed by atoms with E-state index in [9.17, 15) is 14.4 Å². The lowest BCUT2D eigenvalue weighted by Gasteiger charge is -2.27. The molecule has 2 atom stereocenters. The van der Waals surface area contributed by atoms with Crippen molar-refractivity contribution in [1.29, 1.82) is 0 Å². The number of aromatic amines is 2. The van der Waals surface area contributed by atoms with E-state index < -0.39 is 12.1 Å². The number of nitrogens with zero attached hydrogens (tertiary/aromatic N) is 4. The fraction of sp³-hybridized carbons (Fsp3) is 0.410. The Morgan fingerprint density at radius 3 is 2.55 bits per heavy atom. The van der Waals surface area contributed by atoms with Gasteiger partial charge in [-0.25, -0.2) is 14.8 Å². The molecule has 12 nitrogen and oxygen atoms in total. The van der Waals surface area contributed by atoms with Crippen LogP contribution in [-0.2, 0) is 34.0 Å². The molecular weight excluding hydrogens is 646 g/mol. The van der Waals surface area contributed by atoms with Gasteiger partial charge in [0.25, 0.3) is 0 Å². The quantitative estimate of drug-likeness (QED) is 0.120. The van der Waals surface area contributed by atoms with Gasteiger partial charge < -0.3 is 34.6 Å². The van der Waals surface area contributed by atoms with E-state index in [0.29, 0.717) is 31.9 Å². The van der Waals surface area contributed by atoms with Crippen molar-refractivity contribution in [2.24, 2.45) is 0 Å². The van der Waals surface area contributed by atoms with Crippen molar-refractivity contribution >= 4 is 39.7 Å². The van der Waals surface area contributed by atoms with Gasteiger partial charge in [0.2, 0.25) is 11.8 Å². The topological polar surface area (TPSA) is 146 Å². The molecule has 0 saturated carbocycles. The monoisotopic (exact) mass is 693 g/mol. The van der Waals surface area contributed by atoms with E-state index in [1.807, 2.05) is 18.7 Å². The first-order chi connectivity index (χ1) is 24.6. The van der Waals surface area contributed by atoms with E-state index in [-0.39, 0.29) is 24.4 Å². The van der Waals surface area contributed by atoms with Gasteiger partial charge in [0.1, 0.15) is 30.0 Å². The highest BCUT2D eigenvalue weighted by Crippen LogP contribution is 2.42. The maximum atomic E-state index is 13.1. The van der Waals surface area contributed by atoms with Crippen molar-refractivity contribution in [2.75, 3.05) is 13.7 Å². The van der Waals surface area contributed by atoms with E-state index in [2.05, 4.69) is 81.3 Å². The van der Waals surface area contributed by atoms with Gasteiger partial charge in [0.05, 0.1) is 43.1 Å². The number of ether oxygens (including phenoxy) is 2. The molecule has 0 fully saturated rings. The Hall–Kier alpha value is -5.39. The van der Waals surface area contributed by atoms with Crippen LogP contribution in [0, 0.1) is 0 Å². The summed E-state index contributed by atoms with van der Waals surface area (Å²) in [6.45, 7) is 11.5. The number of hydrogen-bond donors (Lipinski definition) is 3. The van der Waals surface area contributed by atoms with E-state index in [1.54, 1.807) is 18.0 Å². The second-order valence-corrected chi connectivity index (χ2v) is 13.3. The van der Waals surface area contributed by atoms with Crippen molar-refractivity contribution in [3.63, 3.8) is 0 Å². The number of aromatic nitrogens is 4. The van der Waals surface area contributed by atoms with Crippen molar-refractivity contribution in [3.8, 4) is 28.1 Å². The fourth-order valence-electron chi connectivity index (χ4n) is 6.69. The zero-order valence-corrected chi connectivity index (χ0v) is 30.3. The standard InChI is InChI=1S/C39H47N7O5/c1-7-10-36(47)46(23(4)9-3)21-35-42-31-14-12-25-17-30-28-13-11-26(16-27(28)22-51-33(30)18-29(25)37(31)44-35)32-19-40-34(43-32)20-45(15-8-2)38(48)24(5)41-39(49)50-6/h11-14,16-19,23-24H,7-10,15,20-22H2,1-6H3,(H,40,43)(H,41,49)(H,42,44)/t23-,24-/m0/s1. The molecule has 6 rings (SSSR count). The van der Waals surface area contributed by atoms with Gasteiger partial charge in [-0.05, 0) is 79.5 Å². The molecule has 5 aromatic rings. The van der Waals surface area contributed by atoms with Crippen LogP contribution >= 0.6 is 0 Å². The smallest absolute Gasteiger partial charge is 0.407 e. The molecule has 0 spiro atoms. The second kappa shape index (κ2) is 15.2. The third kappa shape index (κ3) is 7.40. The molecular formula is C39H47N7O5. The minimum Gasteiger partial charge on any atom is -0.488 e. The normalized spacial score (nSPS) is 13.2. The van der Waals surface area contributed by atoms with E-state index in [0.717, 1.165) is 80.6 Å². The number of methoxy groups -OCH3 is 1. The number of fused-ring (bicyclic) bond motifs is 6. The Labute approximate surface area is 297 Å². The highest BCUT2D eigenvalue weighted by Gasteiger charge is 2.25. The maximum absolute atomic E-state index is 13.1. The van der Waals surface area contributed by atoms with Crippen molar-refractivity contribution in [2.45, 2.75) is 92.1 Å². The summed E-state index contributed by atoms with van der Waals surface area (Å²) in [5, 5.41) is 4.60. The molecule has 0 unspecified atom stereocenters. The third-order valence-corrected chi connectivity index (χ3v) is 9.60. The molecule has 0 bridgehead atoms. The number of carbonyl (C=O) groups excluding carboxylic acids is 3. The SMILES string of the molecule is CCCC(=O)N(Cc1nc2c(ccc3cc4c(cc32)OCc2cc(-c3cnc(CN(CCC)C(=O)[C@H](C)NC(=O)OC)[nH]3)ccc2-4)[nH]1)[C@@H](C)CC. The van der Waals surface area contributed by atoms with E-state index >= 15 is 0 Å². The molecule has 0 saturated heterocycles. The van der Waals surface area contributed by atoms with E-state index in [4.69, 9.17) is 9.72 Å². The molecule has 0 aliphatic carbocycles. The molecule has 268 valence electrons. The molecule has 1 aliphatic heterocycles. The van der Waals surface area contributed by atoms with Crippen LogP contribution in [0.1, 0.15) is 77.5 Å². The molecule has 0 radical (unpaired) electrons. The van der Waals surface area contributed by atoms with Crippen LogP contribution in [0.15, 0.2) is 48.7 Å². The largest absolute Gasteiger partial charge is 0.488 e. The summed E-state index contributed by atoms with van der Waals surface area (Å²) in [7, 11) is 1.27. The number of H-pyrrole nitrogens is 2. The number of hydrogen-bond acceptors (Lipinski definition) is 7. The predicted molar refractivity (Wildman–Crippen MR) is 197 cm³/mol. The maximum Gasteiger partial charge on any atom is 0.407 e. The summed E-state index contributed by atoms with van der Waals surface area (Å²) in [5.41, 5.74) is 6.78. The Balaban J connectivity index is 1.23. The summed E-state index contributed by atoms with van der Waals surface area (Å²) in [5.74, 6) is 2.17. The first kappa shape index (κ1) is 35.4. The number of nitrogens with one attached hydrogen (secondary N) is 3. The summed E-state index contributed by atoms with van der Waals surface area (Å²) in [4.78, 5) is 57.6. The summed E-state index contributed by atoms with van der Waals surface area (Å²) < 4.78 is 11.0. The predicted octanol–water partition coefficient (Wildman–Crippen LogP) is 7.08. The summed E-state index contributed by atoms with van der Waals surface area (Å²) in [6.07, 6.45) is 4.12. The third-order valence-electron chi connectivity index (χ3n) is 9.60. The highest BCUT2D eigenvalue weighted by atomic mass is 16.5. The molecule has 3 heterocycles. The van der Waals surface area contributed by atoms with Crippen molar-refractivity contribution in [3.05, 3.63) is 65.9 Å². The molecule has 12 heteroatoms. The first-order valence-corrected chi connectivity index (χ1v) is 17.8. The Kier molecular flexibility index (Phi) is 10.6. The van der Waals surface area contributed by atoms with Gasteiger partial charge in [-0.1, -0.05) is 39.0 Å². The zero-order valence-electron chi connectivity index (χ0n) is 30.3. The molecule has 3 amide bonds. The second-order valence-electron chi connectivity index (χ2n) is 13.3. The molecule has 51 heavy (non-hydrogen) atoms.